The van der Waals surface area contributed by atoms with E-state index in [9.17, 15) is 0 Å². The minimum atomic E-state index is 0.901. The molecule has 0 aromatic heterocycles. The van der Waals surface area contributed by atoms with Crippen LogP contribution in [0.4, 0.5) is 0 Å². The highest BCUT2D eigenvalue weighted by molar-refractivity contribution is 5.26. The summed E-state index contributed by atoms with van der Waals surface area (Å²) >= 11 is 0. The van der Waals surface area contributed by atoms with Crippen molar-refractivity contribution in [2.75, 3.05) is 7.11 Å². The Morgan fingerprint density at radius 3 is 2.45 bits per heavy atom. The summed E-state index contributed by atoms with van der Waals surface area (Å²) in [5.74, 6) is 0.901. The Morgan fingerprint density at radius 2 is 2.00 bits per heavy atom. The third-order valence-corrected chi connectivity index (χ3v) is 1.54. The maximum absolute atomic E-state index is 5.02. The van der Waals surface area contributed by atoms with E-state index in [4.69, 9.17) is 4.74 Å². The fraction of sp³-hybridized carbons (Fsp3) is 0.222. The number of ether oxygens (including phenoxy) is 1. The van der Waals surface area contributed by atoms with Gasteiger partial charge in [-0.2, -0.15) is 7.05 Å². The lowest BCUT2D eigenvalue weighted by Gasteiger charge is -2.02. The summed E-state index contributed by atoms with van der Waals surface area (Å²) < 4.78 is 5.02. The molecule has 1 aromatic rings. The van der Waals surface area contributed by atoms with Crippen LogP contribution in [0.1, 0.15) is 5.56 Å². The SMILES string of the molecule is [CH2-][NH2+]Cc1ccc(OC)cc1. The lowest BCUT2D eigenvalue weighted by molar-refractivity contribution is -0.612. The minimum absolute atomic E-state index is 0.901. The number of hydrogen-bond acceptors (Lipinski definition) is 1. The summed E-state index contributed by atoms with van der Waals surface area (Å²) in [4.78, 5) is 0. The third kappa shape index (κ3) is 2.24. The van der Waals surface area contributed by atoms with Gasteiger partial charge < -0.3 is 10.1 Å². The van der Waals surface area contributed by atoms with Gasteiger partial charge in [-0.15, -0.1) is 0 Å². The second kappa shape index (κ2) is 3.98. The molecule has 0 bridgehead atoms. The molecule has 0 atom stereocenters. The maximum atomic E-state index is 5.02. The number of benzene rings is 1. The molecular formula is C9H13NO. The van der Waals surface area contributed by atoms with E-state index < -0.39 is 0 Å². The van der Waals surface area contributed by atoms with Gasteiger partial charge in [0.25, 0.3) is 0 Å². The highest BCUT2D eigenvalue weighted by Gasteiger charge is 1.91. The van der Waals surface area contributed by atoms with Gasteiger partial charge in [0.15, 0.2) is 0 Å². The smallest absolute Gasteiger partial charge is 0.118 e. The molecule has 0 aliphatic rings. The van der Waals surface area contributed by atoms with Crippen LogP contribution in [0.3, 0.4) is 0 Å². The molecule has 0 aliphatic carbocycles. The van der Waals surface area contributed by atoms with Crippen molar-refractivity contribution in [2.45, 2.75) is 6.54 Å². The van der Waals surface area contributed by atoms with Crippen LogP contribution in [0.2, 0.25) is 0 Å². The van der Waals surface area contributed by atoms with Gasteiger partial charge in [0.05, 0.1) is 13.7 Å². The Morgan fingerprint density at radius 1 is 1.36 bits per heavy atom. The summed E-state index contributed by atoms with van der Waals surface area (Å²) in [5.41, 5.74) is 1.26. The number of methoxy groups -OCH3 is 1. The maximum Gasteiger partial charge on any atom is 0.118 e. The standard InChI is InChI=1S/C9H13NO/c1-10-7-8-3-5-9(11-2)6-4-8/h3-6H,1,7,10H2,2H3. The van der Waals surface area contributed by atoms with E-state index in [2.05, 4.69) is 7.05 Å². The molecule has 0 unspecified atom stereocenters. The predicted octanol–water partition coefficient (Wildman–Crippen LogP) is 0.550. The molecule has 2 N–H and O–H groups in total. The molecule has 0 heterocycles. The van der Waals surface area contributed by atoms with Gasteiger partial charge >= 0.3 is 0 Å². The van der Waals surface area contributed by atoms with Crippen LogP contribution < -0.4 is 10.1 Å². The van der Waals surface area contributed by atoms with E-state index >= 15 is 0 Å². The summed E-state index contributed by atoms with van der Waals surface area (Å²) in [5, 5.41) is 1.89. The second-order valence-electron chi connectivity index (χ2n) is 2.34. The Labute approximate surface area is 67.2 Å². The highest BCUT2D eigenvalue weighted by Crippen LogP contribution is 2.09. The quantitative estimate of drug-likeness (QED) is 0.627. The first-order chi connectivity index (χ1) is 5.36. The molecule has 0 saturated heterocycles. The molecule has 1 aromatic carbocycles. The Balaban J connectivity index is 2.66. The van der Waals surface area contributed by atoms with Gasteiger partial charge in [0.1, 0.15) is 5.75 Å². The average molecular weight is 151 g/mol. The molecule has 60 valence electrons. The molecule has 0 fully saturated rings. The van der Waals surface area contributed by atoms with Gasteiger partial charge in [-0.1, -0.05) is 0 Å². The van der Waals surface area contributed by atoms with Crippen molar-refractivity contribution in [3.05, 3.63) is 36.9 Å². The van der Waals surface area contributed by atoms with Crippen LogP contribution in [0.25, 0.3) is 0 Å². The van der Waals surface area contributed by atoms with E-state index in [1.807, 2.05) is 29.6 Å². The zero-order valence-corrected chi connectivity index (χ0v) is 6.71. The third-order valence-electron chi connectivity index (χ3n) is 1.54. The van der Waals surface area contributed by atoms with E-state index in [1.165, 1.54) is 5.56 Å². The first kappa shape index (κ1) is 8.08. The highest BCUT2D eigenvalue weighted by atomic mass is 16.5. The Bertz CT molecular complexity index is 205. The van der Waals surface area contributed by atoms with E-state index in [-0.39, 0.29) is 0 Å². The van der Waals surface area contributed by atoms with Crippen molar-refractivity contribution in [1.82, 2.24) is 0 Å². The summed E-state index contributed by atoms with van der Waals surface area (Å²) in [6.07, 6.45) is 0. The van der Waals surface area contributed by atoms with Crippen molar-refractivity contribution in [3.8, 4) is 5.75 Å². The molecule has 0 saturated carbocycles. The molecular weight excluding hydrogens is 138 g/mol. The lowest BCUT2D eigenvalue weighted by Crippen LogP contribution is -2.74. The van der Waals surface area contributed by atoms with Crippen LogP contribution in [0, 0.1) is 7.05 Å². The summed E-state index contributed by atoms with van der Waals surface area (Å²) in [6, 6.07) is 8.00. The zero-order valence-electron chi connectivity index (χ0n) is 6.71. The zero-order chi connectivity index (χ0) is 8.10. The molecule has 2 nitrogen and oxygen atoms in total. The van der Waals surface area contributed by atoms with Crippen molar-refractivity contribution in [2.24, 2.45) is 0 Å². The summed E-state index contributed by atoms with van der Waals surface area (Å²) in [7, 11) is 5.34. The first-order valence-electron chi connectivity index (χ1n) is 3.60. The first-order valence-corrected chi connectivity index (χ1v) is 3.60. The van der Waals surface area contributed by atoms with E-state index in [0.29, 0.717) is 0 Å². The molecule has 2 heteroatoms. The van der Waals surface area contributed by atoms with Gasteiger partial charge in [-0.25, -0.2) is 0 Å². The van der Waals surface area contributed by atoms with Crippen molar-refractivity contribution >= 4 is 0 Å². The molecule has 0 aliphatic heterocycles. The van der Waals surface area contributed by atoms with E-state index in [1.54, 1.807) is 7.11 Å². The fourth-order valence-corrected chi connectivity index (χ4v) is 0.928. The molecule has 1 rings (SSSR count). The molecule has 0 radical (unpaired) electrons. The van der Waals surface area contributed by atoms with Gasteiger partial charge in [-0.05, 0) is 24.3 Å². The molecule has 11 heavy (non-hydrogen) atoms. The number of nitrogens with two attached hydrogens (primary N) is 1. The second-order valence-corrected chi connectivity index (χ2v) is 2.34. The van der Waals surface area contributed by atoms with Gasteiger partial charge in [0.2, 0.25) is 0 Å². The van der Waals surface area contributed by atoms with Crippen LogP contribution in [0.5, 0.6) is 5.75 Å². The molecule has 0 spiro atoms. The number of quaternary nitrogens is 1. The number of rotatable bonds is 3. The van der Waals surface area contributed by atoms with Crippen LogP contribution in [-0.4, -0.2) is 7.11 Å². The molecule has 0 amide bonds. The van der Waals surface area contributed by atoms with E-state index in [0.717, 1.165) is 12.3 Å². The van der Waals surface area contributed by atoms with Crippen LogP contribution in [0.15, 0.2) is 24.3 Å². The number of hydrogen-bond donors (Lipinski definition) is 1. The van der Waals surface area contributed by atoms with Crippen LogP contribution >= 0.6 is 0 Å². The van der Waals surface area contributed by atoms with Gasteiger partial charge in [0, 0.05) is 5.56 Å². The van der Waals surface area contributed by atoms with Crippen molar-refractivity contribution < 1.29 is 10.1 Å². The van der Waals surface area contributed by atoms with Crippen molar-refractivity contribution in [3.63, 3.8) is 0 Å². The Hall–Kier alpha value is -1.02. The van der Waals surface area contributed by atoms with Crippen LogP contribution in [-0.2, 0) is 6.54 Å². The monoisotopic (exact) mass is 151 g/mol. The largest absolute Gasteiger partial charge is 0.497 e. The van der Waals surface area contributed by atoms with Crippen molar-refractivity contribution in [1.29, 1.82) is 0 Å². The normalized spacial score (nSPS) is 9.64. The average Bonchev–Trinajstić information content (AvgIpc) is 2.07. The fourth-order valence-electron chi connectivity index (χ4n) is 0.928. The minimum Gasteiger partial charge on any atom is -0.497 e. The summed E-state index contributed by atoms with van der Waals surface area (Å²) in [6.45, 7) is 0.921. The predicted molar refractivity (Wildman–Crippen MR) is 44.0 cm³/mol. The topological polar surface area (TPSA) is 25.8 Å². The lowest BCUT2D eigenvalue weighted by atomic mass is 10.2. The Kier molecular flexibility index (Phi) is 2.93. The van der Waals surface area contributed by atoms with Gasteiger partial charge in [-0.3, -0.25) is 0 Å².